The molecule has 0 spiro atoms. The Labute approximate surface area is 121 Å². The summed E-state index contributed by atoms with van der Waals surface area (Å²) in [5.41, 5.74) is 1.28. The van der Waals surface area contributed by atoms with Crippen LogP contribution in [0.2, 0.25) is 0 Å². The van der Waals surface area contributed by atoms with Crippen molar-refractivity contribution in [3.8, 4) is 0 Å². The molecule has 0 unspecified atom stereocenters. The lowest BCUT2D eigenvalue weighted by molar-refractivity contribution is 0.0711. The highest BCUT2D eigenvalue weighted by Crippen LogP contribution is 2.28. The number of hydrogen-bond donors (Lipinski definition) is 2. The Morgan fingerprint density at radius 1 is 1.11 bits per heavy atom. The smallest absolute Gasteiger partial charge is 0.0706 e. The van der Waals surface area contributed by atoms with Crippen molar-refractivity contribution in [2.45, 2.75) is 44.3 Å². The SMILES string of the molecule is CC(C)C[C@@H](SCc1ccccc1)[C@@H](O)[C@@H](C)CO. The minimum atomic E-state index is -0.443. The maximum absolute atomic E-state index is 10.3. The van der Waals surface area contributed by atoms with E-state index in [-0.39, 0.29) is 17.8 Å². The molecule has 2 N–H and O–H groups in total. The predicted molar refractivity (Wildman–Crippen MR) is 83.2 cm³/mol. The molecule has 3 heteroatoms. The summed E-state index contributed by atoms with van der Waals surface area (Å²) in [7, 11) is 0. The topological polar surface area (TPSA) is 40.5 Å². The molecule has 0 aliphatic rings. The van der Waals surface area contributed by atoms with Crippen LogP contribution in [0.25, 0.3) is 0 Å². The number of benzene rings is 1. The van der Waals surface area contributed by atoms with Crippen LogP contribution in [0.4, 0.5) is 0 Å². The van der Waals surface area contributed by atoms with E-state index < -0.39 is 6.10 Å². The summed E-state index contributed by atoms with van der Waals surface area (Å²) in [6, 6.07) is 10.3. The van der Waals surface area contributed by atoms with E-state index in [1.165, 1.54) is 5.56 Å². The molecule has 1 rings (SSSR count). The summed E-state index contributed by atoms with van der Waals surface area (Å²) in [5.74, 6) is 1.40. The maximum Gasteiger partial charge on any atom is 0.0706 e. The van der Waals surface area contributed by atoms with Gasteiger partial charge < -0.3 is 10.2 Å². The minimum absolute atomic E-state index is 0.0433. The van der Waals surface area contributed by atoms with Gasteiger partial charge >= 0.3 is 0 Å². The molecule has 0 heterocycles. The Balaban J connectivity index is 2.59. The van der Waals surface area contributed by atoms with E-state index in [0.717, 1.165) is 12.2 Å². The van der Waals surface area contributed by atoms with Crippen molar-refractivity contribution >= 4 is 11.8 Å². The van der Waals surface area contributed by atoms with Crippen LogP contribution in [0.15, 0.2) is 30.3 Å². The summed E-state index contributed by atoms with van der Waals surface area (Å²) in [5, 5.41) is 19.7. The molecule has 108 valence electrons. The van der Waals surface area contributed by atoms with Crippen LogP contribution in [0.3, 0.4) is 0 Å². The molecule has 0 saturated carbocycles. The van der Waals surface area contributed by atoms with Gasteiger partial charge in [0.25, 0.3) is 0 Å². The Morgan fingerprint density at radius 3 is 2.26 bits per heavy atom. The Bertz CT molecular complexity index is 340. The van der Waals surface area contributed by atoms with Crippen molar-refractivity contribution < 1.29 is 10.2 Å². The molecule has 1 aromatic rings. The van der Waals surface area contributed by atoms with Crippen molar-refractivity contribution in [3.05, 3.63) is 35.9 Å². The van der Waals surface area contributed by atoms with Crippen LogP contribution in [-0.2, 0) is 5.75 Å². The summed E-state index contributed by atoms with van der Waals surface area (Å²) < 4.78 is 0. The Kier molecular flexibility index (Phi) is 7.51. The molecule has 0 amide bonds. The molecule has 2 nitrogen and oxygen atoms in total. The first-order valence-corrected chi connectivity index (χ1v) is 8.04. The summed E-state index contributed by atoms with van der Waals surface area (Å²) >= 11 is 1.79. The Hall–Kier alpha value is -0.510. The van der Waals surface area contributed by atoms with Gasteiger partial charge in [0, 0.05) is 23.5 Å². The van der Waals surface area contributed by atoms with Gasteiger partial charge in [0.2, 0.25) is 0 Å². The van der Waals surface area contributed by atoms with E-state index in [1.807, 2.05) is 25.1 Å². The first-order chi connectivity index (χ1) is 9.04. The zero-order valence-corrected chi connectivity index (χ0v) is 12.9. The van der Waals surface area contributed by atoms with Gasteiger partial charge in [-0.2, -0.15) is 11.8 Å². The van der Waals surface area contributed by atoms with E-state index in [4.69, 9.17) is 0 Å². The predicted octanol–water partition coefficient (Wildman–Crippen LogP) is 3.32. The third-order valence-corrected chi connectivity index (χ3v) is 4.66. The van der Waals surface area contributed by atoms with E-state index in [1.54, 1.807) is 11.8 Å². The van der Waals surface area contributed by atoms with Crippen molar-refractivity contribution in [2.24, 2.45) is 11.8 Å². The second kappa shape index (κ2) is 8.62. The molecule has 0 saturated heterocycles. The molecule has 0 aliphatic carbocycles. The molecule has 0 bridgehead atoms. The van der Waals surface area contributed by atoms with Gasteiger partial charge in [-0.3, -0.25) is 0 Å². The number of thioether (sulfide) groups is 1. The maximum atomic E-state index is 10.3. The van der Waals surface area contributed by atoms with Crippen molar-refractivity contribution in [2.75, 3.05) is 6.61 Å². The zero-order chi connectivity index (χ0) is 14.3. The molecular formula is C16H26O2S. The standard InChI is InChI=1S/C16H26O2S/c1-12(2)9-15(16(18)13(3)10-17)19-11-14-7-5-4-6-8-14/h4-8,12-13,15-18H,9-11H2,1-3H3/t13-,15+,16-/m0/s1. The van der Waals surface area contributed by atoms with Crippen molar-refractivity contribution in [3.63, 3.8) is 0 Å². The van der Waals surface area contributed by atoms with Gasteiger partial charge in [0.15, 0.2) is 0 Å². The monoisotopic (exact) mass is 282 g/mol. The molecule has 0 aromatic heterocycles. The van der Waals surface area contributed by atoms with Crippen molar-refractivity contribution in [1.29, 1.82) is 0 Å². The van der Waals surface area contributed by atoms with Crippen LogP contribution in [0.5, 0.6) is 0 Å². The van der Waals surface area contributed by atoms with Crippen molar-refractivity contribution in [1.82, 2.24) is 0 Å². The first-order valence-electron chi connectivity index (χ1n) is 6.99. The van der Waals surface area contributed by atoms with Gasteiger partial charge in [0.1, 0.15) is 0 Å². The lowest BCUT2D eigenvalue weighted by Gasteiger charge is -2.27. The van der Waals surface area contributed by atoms with Gasteiger partial charge in [-0.05, 0) is 17.9 Å². The average molecular weight is 282 g/mol. The molecule has 3 atom stereocenters. The quantitative estimate of drug-likeness (QED) is 0.768. The number of aliphatic hydroxyl groups excluding tert-OH is 2. The van der Waals surface area contributed by atoms with Gasteiger partial charge in [-0.25, -0.2) is 0 Å². The highest BCUT2D eigenvalue weighted by atomic mass is 32.2. The van der Waals surface area contributed by atoms with Crippen LogP contribution in [-0.4, -0.2) is 28.2 Å². The second-order valence-corrected chi connectivity index (χ2v) is 6.84. The third kappa shape index (κ3) is 5.98. The van der Waals surface area contributed by atoms with E-state index in [9.17, 15) is 10.2 Å². The number of rotatable bonds is 8. The summed E-state index contributed by atoms with van der Waals surface area (Å²) in [6.45, 7) is 6.29. The summed E-state index contributed by atoms with van der Waals surface area (Å²) in [6.07, 6.45) is 0.532. The van der Waals surface area contributed by atoms with E-state index in [0.29, 0.717) is 5.92 Å². The van der Waals surface area contributed by atoms with Crippen LogP contribution in [0, 0.1) is 11.8 Å². The zero-order valence-electron chi connectivity index (χ0n) is 12.1. The van der Waals surface area contributed by atoms with E-state index in [2.05, 4.69) is 26.0 Å². The van der Waals surface area contributed by atoms with E-state index >= 15 is 0 Å². The third-order valence-electron chi connectivity index (χ3n) is 3.26. The van der Waals surface area contributed by atoms with Crippen LogP contribution >= 0.6 is 11.8 Å². The van der Waals surface area contributed by atoms with Crippen LogP contribution in [0.1, 0.15) is 32.8 Å². The molecule has 0 radical (unpaired) electrons. The van der Waals surface area contributed by atoms with Crippen LogP contribution < -0.4 is 0 Å². The Morgan fingerprint density at radius 2 is 1.74 bits per heavy atom. The normalized spacial score (nSPS) is 16.3. The molecular weight excluding hydrogens is 256 g/mol. The number of hydrogen-bond acceptors (Lipinski definition) is 3. The second-order valence-electron chi connectivity index (χ2n) is 5.62. The van der Waals surface area contributed by atoms with Gasteiger partial charge in [-0.1, -0.05) is 51.1 Å². The lowest BCUT2D eigenvalue weighted by atomic mass is 9.97. The number of aliphatic hydroxyl groups is 2. The fraction of sp³-hybridized carbons (Fsp3) is 0.625. The van der Waals surface area contributed by atoms with Gasteiger partial charge in [-0.15, -0.1) is 0 Å². The molecule has 0 aliphatic heterocycles. The largest absolute Gasteiger partial charge is 0.396 e. The first kappa shape index (κ1) is 16.5. The highest BCUT2D eigenvalue weighted by Gasteiger charge is 2.25. The fourth-order valence-electron chi connectivity index (χ4n) is 2.02. The van der Waals surface area contributed by atoms with Gasteiger partial charge in [0.05, 0.1) is 6.10 Å². The fourth-order valence-corrected chi connectivity index (χ4v) is 3.61. The minimum Gasteiger partial charge on any atom is -0.396 e. The summed E-state index contributed by atoms with van der Waals surface area (Å²) in [4.78, 5) is 0. The lowest BCUT2D eigenvalue weighted by Crippen LogP contribution is -2.33. The highest BCUT2D eigenvalue weighted by molar-refractivity contribution is 7.99. The molecule has 19 heavy (non-hydrogen) atoms. The molecule has 1 aromatic carbocycles. The molecule has 0 fully saturated rings. The average Bonchev–Trinajstić information content (AvgIpc) is 2.42.